The van der Waals surface area contributed by atoms with E-state index < -0.39 is 0 Å². The van der Waals surface area contributed by atoms with E-state index in [0.29, 0.717) is 6.04 Å². The zero-order valence-electron chi connectivity index (χ0n) is 10.8. The highest BCUT2D eigenvalue weighted by Crippen LogP contribution is 2.18. The number of ether oxygens (including phenoxy) is 1. The summed E-state index contributed by atoms with van der Waals surface area (Å²) in [6.07, 6.45) is 5.86. The summed E-state index contributed by atoms with van der Waals surface area (Å²) >= 11 is 0. The Labute approximate surface area is 104 Å². The molecule has 4 nitrogen and oxygen atoms in total. The van der Waals surface area contributed by atoms with Gasteiger partial charge in [0.1, 0.15) is 0 Å². The Morgan fingerprint density at radius 3 is 2.76 bits per heavy atom. The average Bonchev–Trinajstić information content (AvgIpc) is 2.68. The highest BCUT2D eigenvalue weighted by Gasteiger charge is 2.25. The van der Waals surface area contributed by atoms with Gasteiger partial charge in [-0.05, 0) is 26.2 Å². The normalized spacial score (nSPS) is 25.5. The fourth-order valence-corrected chi connectivity index (χ4v) is 2.71. The number of rotatable bonds is 3. The van der Waals surface area contributed by atoms with Crippen LogP contribution in [0.4, 0.5) is 0 Å². The summed E-state index contributed by atoms with van der Waals surface area (Å²) < 4.78 is 5.41. The lowest BCUT2D eigenvalue weighted by Gasteiger charge is -2.27. The van der Waals surface area contributed by atoms with E-state index >= 15 is 0 Å². The third-order valence-electron chi connectivity index (χ3n) is 3.89. The summed E-state index contributed by atoms with van der Waals surface area (Å²) in [5, 5.41) is 3.17. The number of amides is 1. The van der Waals surface area contributed by atoms with Crippen molar-refractivity contribution in [1.29, 1.82) is 0 Å². The first-order valence-electron chi connectivity index (χ1n) is 6.89. The number of hydrogen-bond acceptors (Lipinski definition) is 3. The zero-order chi connectivity index (χ0) is 12.1. The maximum atomic E-state index is 12.1. The molecule has 0 aromatic heterocycles. The molecule has 1 heterocycles. The van der Waals surface area contributed by atoms with Crippen LogP contribution in [0.3, 0.4) is 0 Å². The van der Waals surface area contributed by atoms with Crippen molar-refractivity contribution in [3.63, 3.8) is 0 Å². The van der Waals surface area contributed by atoms with Crippen molar-refractivity contribution in [3.8, 4) is 0 Å². The van der Waals surface area contributed by atoms with Gasteiger partial charge >= 0.3 is 0 Å². The zero-order valence-corrected chi connectivity index (χ0v) is 10.8. The van der Waals surface area contributed by atoms with Gasteiger partial charge in [-0.2, -0.15) is 0 Å². The van der Waals surface area contributed by atoms with Crippen LogP contribution in [0.2, 0.25) is 0 Å². The minimum absolute atomic E-state index is 0.0164. The Hall–Kier alpha value is -0.610. The van der Waals surface area contributed by atoms with Crippen molar-refractivity contribution in [3.05, 3.63) is 0 Å². The van der Waals surface area contributed by atoms with Crippen molar-refractivity contribution in [1.82, 2.24) is 10.2 Å². The maximum Gasteiger partial charge on any atom is 0.237 e. The summed E-state index contributed by atoms with van der Waals surface area (Å²) in [5.74, 6) is 0.193. The summed E-state index contributed by atoms with van der Waals surface area (Å²) in [4.78, 5) is 14.4. The molecular formula is C13H24N2O2. The molecule has 0 radical (unpaired) electrons. The molecule has 4 heteroatoms. The lowest BCUT2D eigenvalue weighted by Crippen LogP contribution is -2.48. The molecule has 0 spiro atoms. The van der Waals surface area contributed by atoms with E-state index in [4.69, 9.17) is 4.74 Å². The molecule has 1 amide bonds. The molecule has 17 heavy (non-hydrogen) atoms. The van der Waals surface area contributed by atoms with Crippen LogP contribution in [-0.4, -0.2) is 49.2 Å². The summed E-state index contributed by atoms with van der Waals surface area (Å²) in [7, 11) is 0. The van der Waals surface area contributed by atoms with E-state index in [-0.39, 0.29) is 11.9 Å². The van der Waals surface area contributed by atoms with Gasteiger partial charge in [-0.15, -0.1) is 0 Å². The third-order valence-corrected chi connectivity index (χ3v) is 3.89. The van der Waals surface area contributed by atoms with E-state index in [0.717, 1.165) is 45.6 Å². The fourth-order valence-electron chi connectivity index (χ4n) is 2.71. The second kappa shape index (κ2) is 6.36. The minimum Gasteiger partial charge on any atom is -0.380 e. The molecule has 1 aliphatic heterocycles. The summed E-state index contributed by atoms with van der Waals surface area (Å²) in [6, 6.07) is 0.408. The van der Waals surface area contributed by atoms with Crippen molar-refractivity contribution in [2.75, 3.05) is 26.3 Å². The van der Waals surface area contributed by atoms with E-state index in [1.807, 2.05) is 6.92 Å². The first-order chi connectivity index (χ1) is 8.27. The van der Waals surface area contributed by atoms with Crippen LogP contribution in [-0.2, 0) is 9.53 Å². The molecule has 1 N–H and O–H groups in total. The average molecular weight is 240 g/mol. The molecular weight excluding hydrogens is 216 g/mol. The topological polar surface area (TPSA) is 41.6 Å². The van der Waals surface area contributed by atoms with E-state index in [1.165, 1.54) is 12.8 Å². The largest absolute Gasteiger partial charge is 0.380 e. The second-order valence-electron chi connectivity index (χ2n) is 5.17. The van der Waals surface area contributed by atoms with Gasteiger partial charge in [0.15, 0.2) is 0 Å². The van der Waals surface area contributed by atoms with Crippen molar-refractivity contribution < 1.29 is 9.53 Å². The number of carbonyl (C=O) groups is 1. The number of hydrogen-bond donors (Lipinski definition) is 1. The molecule has 0 aromatic rings. The Bertz CT molecular complexity index is 244. The lowest BCUT2D eigenvalue weighted by molar-refractivity contribution is -0.126. The van der Waals surface area contributed by atoms with Crippen LogP contribution >= 0.6 is 0 Å². The smallest absolute Gasteiger partial charge is 0.237 e. The maximum absolute atomic E-state index is 12.1. The van der Waals surface area contributed by atoms with E-state index in [9.17, 15) is 4.79 Å². The van der Waals surface area contributed by atoms with Crippen LogP contribution in [0.15, 0.2) is 0 Å². The van der Waals surface area contributed by atoms with E-state index in [1.54, 1.807) is 0 Å². The first kappa shape index (κ1) is 12.8. The Kier molecular flexibility index (Phi) is 4.80. The molecule has 1 aliphatic carbocycles. The number of nitrogens with zero attached hydrogens (tertiary/aromatic N) is 1. The first-order valence-corrected chi connectivity index (χ1v) is 6.89. The van der Waals surface area contributed by atoms with Gasteiger partial charge in [-0.1, -0.05) is 12.8 Å². The highest BCUT2D eigenvalue weighted by molar-refractivity contribution is 5.81. The molecule has 0 bridgehead atoms. The van der Waals surface area contributed by atoms with Crippen molar-refractivity contribution in [2.45, 2.75) is 51.1 Å². The summed E-state index contributed by atoms with van der Waals surface area (Å²) in [6.45, 7) is 5.43. The SMILES string of the molecule is CC(C(=O)NC1CCCC1)N1CCCOCC1. The predicted octanol–water partition coefficient (Wildman–Crippen LogP) is 1.16. The molecule has 1 saturated heterocycles. The Morgan fingerprint density at radius 2 is 2.00 bits per heavy atom. The Balaban J connectivity index is 1.80. The Morgan fingerprint density at radius 1 is 1.24 bits per heavy atom. The van der Waals surface area contributed by atoms with Gasteiger partial charge in [0, 0.05) is 25.7 Å². The molecule has 1 unspecified atom stereocenters. The van der Waals surface area contributed by atoms with Crippen molar-refractivity contribution >= 4 is 5.91 Å². The second-order valence-corrected chi connectivity index (χ2v) is 5.17. The van der Waals surface area contributed by atoms with Crippen LogP contribution in [0.5, 0.6) is 0 Å². The molecule has 2 aliphatic rings. The van der Waals surface area contributed by atoms with Gasteiger partial charge in [-0.25, -0.2) is 0 Å². The summed E-state index contributed by atoms with van der Waals surface area (Å²) in [5.41, 5.74) is 0. The van der Waals surface area contributed by atoms with Gasteiger partial charge in [-0.3, -0.25) is 9.69 Å². The highest BCUT2D eigenvalue weighted by atomic mass is 16.5. The molecule has 0 aromatic carbocycles. The predicted molar refractivity (Wildman–Crippen MR) is 66.9 cm³/mol. The number of carbonyl (C=O) groups excluding carboxylic acids is 1. The van der Waals surface area contributed by atoms with E-state index in [2.05, 4.69) is 10.2 Å². The van der Waals surface area contributed by atoms with Gasteiger partial charge in [0.2, 0.25) is 5.91 Å². The van der Waals surface area contributed by atoms with Gasteiger partial charge in [0.25, 0.3) is 0 Å². The fraction of sp³-hybridized carbons (Fsp3) is 0.923. The van der Waals surface area contributed by atoms with Crippen LogP contribution < -0.4 is 5.32 Å². The van der Waals surface area contributed by atoms with Gasteiger partial charge < -0.3 is 10.1 Å². The molecule has 2 fully saturated rings. The quantitative estimate of drug-likeness (QED) is 0.805. The van der Waals surface area contributed by atoms with Crippen molar-refractivity contribution in [2.24, 2.45) is 0 Å². The van der Waals surface area contributed by atoms with Crippen LogP contribution in [0.1, 0.15) is 39.0 Å². The molecule has 1 atom stereocenters. The lowest BCUT2D eigenvalue weighted by atomic mass is 10.2. The molecule has 1 saturated carbocycles. The molecule has 2 rings (SSSR count). The van der Waals surface area contributed by atoms with Crippen LogP contribution in [0, 0.1) is 0 Å². The van der Waals surface area contributed by atoms with Gasteiger partial charge in [0.05, 0.1) is 12.6 Å². The molecule has 98 valence electrons. The third kappa shape index (κ3) is 3.68. The standard InChI is InChI=1S/C13H24N2O2/c1-11(15-7-4-9-17-10-8-15)13(16)14-12-5-2-3-6-12/h11-12H,2-10H2,1H3,(H,14,16). The monoisotopic (exact) mass is 240 g/mol. The van der Waals surface area contributed by atoms with Crippen LogP contribution in [0.25, 0.3) is 0 Å². The minimum atomic E-state index is -0.0164. The number of nitrogens with one attached hydrogen (secondary N) is 1.